The third-order valence-electron chi connectivity index (χ3n) is 3.28. The number of hydrogen-bond acceptors (Lipinski definition) is 3. The number of nitrogens with one attached hydrogen (secondary N) is 1. The second-order valence-corrected chi connectivity index (χ2v) is 5.65. The van der Waals surface area contributed by atoms with Crippen molar-refractivity contribution >= 4 is 11.8 Å². The monoisotopic (exact) mass is 241 g/mol. The Morgan fingerprint density at radius 3 is 2.47 bits per heavy atom. The summed E-state index contributed by atoms with van der Waals surface area (Å²) in [4.78, 5) is 25.5. The highest BCUT2D eigenvalue weighted by Gasteiger charge is 2.38. The van der Waals surface area contributed by atoms with Gasteiger partial charge in [0, 0.05) is 13.6 Å². The smallest absolute Gasteiger partial charge is 0.242 e. The maximum atomic E-state index is 12.2. The fraction of sp³-hybridized carbons (Fsp3) is 0.833. The van der Waals surface area contributed by atoms with Crippen LogP contribution in [0.1, 0.15) is 33.6 Å². The Balaban J connectivity index is 2.78. The van der Waals surface area contributed by atoms with Gasteiger partial charge in [-0.05, 0) is 18.3 Å². The standard InChI is InChI=1S/C12H23N3O2/c1-12(2,3)9(13)11(17)15-7-5-6-8(15)10(16)14-4/h8-9H,5-7,13H2,1-4H3,(H,14,16)/t8?,9-/m1/s1. The Kier molecular flexibility index (Phi) is 4.14. The van der Waals surface area contributed by atoms with Gasteiger partial charge in [-0.25, -0.2) is 0 Å². The average Bonchev–Trinajstić information content (AvgIpc) is 2.73. The van der Waals surface area contributed by atoms with E-state index in [0.717, 1.165) is 12.8 Å². The van der Waals surface area contributed by atoms with Crippen molar-refractivity contribution in [1.29, 1.82) is 0 Å². The molecule has 0 aromatic rings. The van der Waals surface area contributed by atoms with Crippen LogP contribution < -0.4 is 11.1 Å². The van der Waals surface area contributed by atoms with Crippen LogP contribution in [0.25, 0.3) is 0 Å². The molecule has 2 amide bonds. The van der Waals surface area contributed by atoms with E-state index in [1.54, 1.807) is 11.9 Å². The molecule has 5 heteroatoms. The molecule has 17 heavy (non-hydrogen) atoms. The maximum absolute atomic E-state index is 12.2. The molecule has 0 spiro atoms. The van der Waals surface area contributed by atoms with Crippen molar-refractivity contribution in [3.63, 3.8) is 0 Å². The first-order chi connectivity index (χ1) is 7.79. The van der Waals surface area contributed by atoms with Gasteiger partial charge in [-0.15, -0.1) is 0 Å². The van der Waals surface area contributed by atoms with Crippen LogP contribution in [0.2, 0.25) is 0 Å². The largest absolute Gasteiger partial charge is 0.357 e. The van der Waals surface area contributed by atoms with E-state index < -0.39 is 6.04 Å². The van der Waals surface area contributed by atoms with Crippen LogP contribution in [0.5, 0.6) is 0 Å². The molecule has 1 rings (SSSR count). The summed E-state index contributed by atoms with van der Waals surface area (Å²) in [6.45, 7) is 6.42. The molecule has 1 fully saturated rings. The van der Waals surface area contributed by atoms with E-state index in [9.17, 15) is 9.59 Å². The summed E-state index contributed by atoms with van der Waals surface area (Å²) in [5, 5.41) is 2.60. The third-order valence-corrected chi connectivity index (χ3v) is 3.28. The lowest BCUT2D eigenvalue weighted by Crippen LogP contribution is -2.54. The minimum absolute atomic E-state index is 0.100. The van der Waals surface area contributed by atoms with Gasteiger partial charge in [0.15, 0.2) is 0 Å². The average molecular weight is 241 g/mol. The molecule has 1 aliphatic heterocycles. The van der Waals surface area contributed by atoms with Gasteiger partial charge in [0.25, 0.3) is 0 Å². The van der Waals surface area contributed by atoms with Crippen molar-refractivity contribution in [2.75, 3.05) is 13.6 Å². The van der Waals surface area contributed by atoms with Crippen LogP contribution in [0.4, 0.5) is 0 Å². The van der Waals surface area contributed by atoms with Crippen LogP contribution in [0.3, 0.4) is 0 Å². The van der Waals surface area contributed by atoms with Crippen LogP contribution in [-0.4, -0.2) is 42.4 Å². The molecule has 1 unspecified atom stereocenters. The number of nitrogens with zero attached hydrogens (tertiary/aromatic N) is 1. The van der Waals surface area contributed by atoms with E-state index in [-0.39, 0.29) is 23.3 Å². The van der Waals surface area contributed by atoms with Gasteiger partial charge in [0.1, 0.15) is 6.04 Å². The second-order valence-electron chi connectivity index (χ2n) is 5.65. The number of likely N-dealkylation sites (tertiary alicyclic amines) is 1. The normalized spacial score (nSPS) is 22.4. The first-order valence-corrected chi connectivity index (χ1v) is 6.06. The number of rotatable bonds is 2. The highest BCUT2D eigenvalue weighted by atomic mass is 16.2. The van der Waals surface area contributed by atoms with E-state index in [2.05, 4.69) is 5.32 Å². The molecule has 0 bridgehead atoms. The zero-order chi connectivity index (χ0) is 13.2. The van der Waals surface area contributed by atoms with Gasteiger partial charge in [-0.1, -0.05) is 20.8 Å². The number of nitrogens with two attached hydrogens (primary N) is 1. The van der Waals surface area contributed by atoms with Gasteiger partial charge < -0.3 is 16.0 Å². The lowest BCUT2D eigenvalue weighted by Gasteiger charge is -2.32. The molecular formula is C12H23N3O2. The molecule has 5 nitrogen and oxygen atoms in total. The quantitative estimate of drug-likeness (QED) is 0.720. The summed E-state index contributed by atoms with van der Waals surface area (Å²) in [7, 11) is 1.59. The predicted octanol–water partition coefficient (Wildman–Crippen LogP) is 0.0968. The molecule has 2 atom stereocenters. The van der Waals surface area contributed by atoms with Crippen LogP contribution in [-0.2, 0) is 9.59 Å². The highest BCUT2D eigenvalue weighted by Crippen LogP contribution is 2.24. The van der Waals surface area contributed by atoms with Gasteiger partial charge in [0.05, 0.1) is 6.04 Å². The maximum Gasteiger partial charge on any atom is 0.242 e. The number of carbonyl (C=O) groups excluding carboxylic acids is 2. The fourth-order valence-corrected chi connectivity index (χ4v) is 2.02. The summed E-state index contributed by atoms with van der Waals surface area (Å²) in [5.41, 5.74) is 5.67. The Morgan fingerprint density at radius 2 is 2.00 bits per heavy atom. The molecule has 3 N–H and O–H groups in total. The van der Waals surface area contributed by atoms with Crippen LogP contribution in [0, 0.1) is 5.41 Å². The molecule has 1 aliphatic rings. The van der Waals surface area contributed by atoms with Crippen molar-refractivity contribution in [3.05, 3.63) is 0 Å². The molecular weight excluding hydrogens is 218 g/mol. The van der Waals surface area contributed by atoms with Crippen molar-refractivity contribution in [1.82, 2.24) is 10.2 Å². The summed E-state index contributed by atoms with van der Waals surface area (Å²) in [6.07, 6.45) is 1.59. The summed E-state index contributed by atoms with van der Waals surface area (Å²) in [5.74, 6) is -0.222. The Morgan fingerprint density at radius 1 is 1.41 bits per heavy atom. The van der Waals surface area contributed by atoms with E-state index in [0.29, 0.717) is 6.54 Å². The molecule has 1 heterocycles. The minimum atomic E-state index is -0.562. The van der Waals surface area contributed by atoms with E-state index in [1.165, 1.54) is 0 Å². The lowest BCUT2D eigenvalue weighted by atomic mass is 9.86. The summed E-state index contributed by atoms with van der Waals surface area (Å²) in [6, 6.07) is -0.909. The Bertz CT molecular complexity index is 309. The van der Waals surface area contributed by atoms with E-state index >= 15 is 0 Å². The summed E-state index contributed by atoms with van der Waals surface area (Å²) >= 11 is 0. The molecule has 0 aromatic carbocycles. The van der Waals surface area contributed by atoms with Gasteiger partial charge >= 0.3 is 0 Å². The van der Waals surface area contributed by atoms with Crippen LogP contribution in [0.15, 0.2) is 0 Å². The summed E-state index contributed by atoms with van der Waals surface area (Å²) < 4.78 is 0. The third kappa shape index (κ3) is 2.97. The van der Waals surface area contributed by atoms with Crippen LogP contribution >= 0.6 is 0 Å². The molecule has 0 aliphatic carbocycles. The predicted molar refractivity (Wildman–Crippen MR) is 66.2 cm³/mol. The molecule has 0 saturated carbocycles. The van der Waals surface area contributed by atoms with Crippen molar-refractivity contribution in [2.45, 2.75) is 45.7 Å². The zero-order valence-corrected chi connectivity index (χ0v) is 11.1. The lowest BCUT2D eigenvalue weighted by molar-refractivity contribution is -0.141. The van der Waals surface area contributed by atoms with Crippen molar-refractivity contribution in [2.24, 2.45) is 11.1 Å². The number of likely N-dealkylation sites (N-methyl/N-ethyl adjacent to an activating group) is 1. The van der Waals surface area contributed by atoms with Gasteiger partial charge in [-0.2, -0.15) is 0 Å². The first-order valence-electron chi connectivity index (χ1n) is 6.06. The van der Waals surface area contributed by atoms with Crippen molar-refractivity contribution < 1.29 is 9.59 Å². The van der Waals surface area contributed by atoms with E-state index in [4.69, 9.17) is 5.73 Å². The van der Waals surface area contributed by atoms with Gasteiger partial charge in [-0.3, -0.25) is 9.59 Å². The highest BCUT2D eigenvalue weighted by molar-refractivity contribution is 5.90. The van der Waals surface area contributed by atoms with Gasteiger partial charge in [0.2, 0.25) is 11.8 Å². The second kappa shape index (κ2) is 5.04. The Hall–Kier alpha value is -1.10. The zero-order valence-electron chi connectivity index (χ0n) is 11.1. The number of amides is 2. The molecule has 98 valence electrons. The first kappa shape index (κ1) is 14.0. The van der Waals surface area contributed by atoms with E-state index in [1.807, 2.05) is 20.8 Å². The molecule has 0 radical (unpaired) electrons. The molecule has 0 aromatic heterocycles. The van der Waals surface area contributed by atoms with Crippen molar-refractivity contribution in [3.8, 4) is 0 Å². The minimum Gasteiger partial charge on any atom is -0.357 e. The fourth-order valence-electron chi connectivity index (χ4n) is 2.02. The number of carbonyl (C=O) groups is 2. The topological polar surface area (TPSA) is 75.4 Å². The number of hydrogen-bond donors (Lipinski definition) is 2. The SMILES string of the molecule is CNC(=O)C1CCCN1C(=O)[C@@H](N)C(C)(C)C. The Labute approximate surface area is 103 Å². The molecule has 1 saturated heterocycles.